The minimum atomic E-state index is -2.92. The highest BCUT2D eigenvalue weighted by Gasteiger charge is 2.13. The molecule has 0 bridgehead atoms. The number of nitrogens with two attached hydrogens (primary N) is 1. The number of fused-ring (bicyclic) bond motifs is 1. The number of rotatable bonds is 5. The molecular formula is C11H16N4O2S. The summed E-state index contributed by atoms with van der Waals surface area (Å²) in [4.78, 5) is 4.04. The molecule has 98 valence electrons. The molecule has 1 unspecified atom stereocenters. The van der Waals surface area contributed by atoms with Gasteiger partial charge in [-0.15, -0.1) is 0 Å². The Balaban J connectivity index is 2.07. The van der Waals surface area contributed by atoms with E-state index in [4.69, 9.17) is 5.73 Å². The molecule has 0 saturated carbocycles. The first-order valence-electron chi connectivity index (χ1n) is 5.68. The second-order valence-electron chi connectivity index (χ2n) is 4.38. The van der Waals surface area contributed by atoms with E-state index >= 15 is 0 Å². The van der Waals surface area contributed by atoms with E-state index in [0.29, 0.717) is 12.8 Å². The minimum absolute atomic E-state index is 0.165. The Labute approximate surface area is 106 Å². The van der Waals surface area contributed by atoms with Crippen molar-refractivity contribution in [3.8, 4) is 0 Å². The summed E-state index contributed by atoms with van der Waals surface area (Å²) in [7, 11) is -2.92. The normalized spacial score (nSPS) is 13.9. The van der Waals surface area contributed by atoms with Gasteiger partial charge in [0.15, 0.2) is 0 Å². The molecule has 0 aliphatic heterocycles. The Hall–Kier alpha value is -1.47. The SMILES string of the molecule is CS(=O)(=O)CCCC(N)c1cnn2ccncc12. The lowest BCUT2D eigenvalue weighted by molar-refractivity contribution is 0.588. The van der Waals surface area contributed by atoms with Crippen molar-refractivity contribution in [2.75, 3.05) is 12.0 Å². The molecule has 0 spiro atoms. The van der Waals surface area contributed by atoms with Crippen LogP contribution in [0.4, 0.5) is 0 Å². The lowest BCUT2D eigenvalue weighted by Gasteiger charge is -2.09. The molecule has 0 saturated heterocycles. The first-order valence-corrected chi connectivity index (χ1v) is 7.74. The second kappa shape index (κ2) is 5.03. The third-order valence-corrected chi connectivity index (χ3v) is 3.81. The Kier molecular flexibility index (Phi) is 3.63. The van der Waals surface area contributed by atoms with Gasteiger partial charge in [0.1, 0.15) is 9.84 Å². The molecule has 18 heavy (non-hydrogen) atoms. The minimum Gasteiger partial charge on any atom is -0.324 e. The molecule has 2 heterocycles. The van der Waals surface area contributed by atoms with E-state index in [2.05, 4.69) is 10.1 Å². The van der Waals surface area contributed by atoms with Crippen molar-refractivity contribution < 1.29 is 8.42 Å². The number of aromatic nitrogens is 3. The van der Waals surface area contributed by atoms with Crippen molar-refractivity contribution in [3.63, 3.8) is 0 Å². The zero-order valence-electron chi connectivity index (χ0n) is 10.2. The molecule has 0 aliphatic rings. The van der Waals surface area contributed by atoms with Gasteiger partial charge in [0.05, 0.1) is 17.9 Å². The predicted octanol–water partition coefficient (Wildman–Crippen LogP) is 0.554. The Bertz CT molecular complexity index is 635. The maximum Gasteiger partial charge on any atom is 0.147 e. The first-order chi connectivity index (χ1) is 8.47. The highest BCUT2D eigenvalue weighted by atomic mass is 32.2. The van der Waals surface area contributed by atoms with Crippen LogP contribution in [0.1, 0.15) is 24.4 Å². The van der Waals surface area contributed by atoms with Crippen LogP contribution in [0.25, 0.3) is 5.52 Å². The van der Waals surface area contributed by atoms with Gasteiger partial charge in [-0.1, -0.05) is 0 Å². The monoisotopic (exact) mass is 268 g/mol. The molecule has 2 aromatic heterocycles. The summed E-state index contributed by atoms with van der Waals surface area (Å²) in [6.07, 6.45) is 9.22. The van der Waals surface area contributed by atoms with Crippen LogP contribution in [0, 0.1) is 0 Å². The van der Waals surface area contributed by atoms with E-state index in [0.717, 1.165) is 11.1 Å². The largest absolute Gasteiger partial charge is 0.324 e. The lowest BCUT2D eigenvalue weighted by atomic mass is 10.1. The van der Waals surface area contributed by atoms with Crippen molar-refractivity contribution in [1.82, 2.24) is 14.6 Å². The lowest BCUT2D eigenvalue weighted by Crippen LogP contribution is -2.12. The van der Waals surface area contributed by atoms with Gasteiger partial charge in [-0.05, 0) is 12.8 Å². The molecule has 6 nitrogen and oxygen atoms in total. The topological polar surface area (TPSA) is 90.3 Å². The summed E-state index contributed by atoms with van der Waals surface area (Å²) in [6, 6.07) is -0.214. The van der Waals surface area contributed by atoms with Crippen molar-refractivity contribution >= 4 is 15.4 Å². The molecule has 2 rings (SSSR count). The average Bonchev–Trinajstić information content (AvgIpc) is 2.70. The predicted molar refractivity (Wildman–Crippen MR) is 68.9 cm³/mol. The maximum atomic E-state index is 11.0. The molecule has 2 N–H and O–H groups in total. The molecular weight excluding hydrogens is 252 g/mol. The zero-order valence-corrected chi connectivity index (χ0v) is 11.0. The molecule has 0 amide bonds. The van der Waals surface area contributed by atoms with Crippen LogP contribution in [-0.2, 0) is 9.84 Å². The smallest absolute Gasteiger partial charge is 0.147 e. The third kappa shape index (κ3) is 3.05. The van der Waals surface area contributed by atoms with E-state index < -0.39 is 9.84 Å². The van der Waals surface area contributed by atoms with Crippen LogP contribution in [0.3, 0.4) is 0 Å². The number of nitrogens with zero attached hydrogens (tertiary/aromatic N) is 3. The second-order valence-corrected chi connectivity index (χ2v) is 6.64. The van der Waals surface area contributed by atoms with E-state index in [1.165, 1.54) is 6.26 Å². The van der Waals surface area contributed by atoms with Gasteiger partial charge in [0.25, 0.3) is 0 Å². The van der Waals surface area contributed by atoms with E-state index in [1.807, 2.05) is 0 Å². The van der Waals surface area contributed by atoms with Gasteiger partial charge in [-0.3, -0.25) is 4.98 Å². The molecule has 7 heteroatoms. The molecule has 1 atom stereocenters. The molecule has 0 radical (unpaired) electrons. The average molecular weight is 268 g/mol. The van der Waals surface area contributed by atoms with E-state index in [1.54, 1.807) is 29.3 Å². The van der Waals surface area contributed by atoms with Gasteiger partial charge < -0.3 is 5.73 Å². The van der Waals surface area contributed by atoms with Gasteiger partial charge >= 0.3 is 0 Å². The van der Waals surface area contributed by atoms with Crippen molar-refractivity contribution in [1.29, 1.82) is 0 Å². The Morgan fingerprint density at radius 1 is 1.44 bits per heavy atom. The molecule has 0 fully saturated rings. The Morgan fingerprint density at radius 2 is 2.22 bits per heavy atom. The van der Waals surface area contributed by atoms with Crippen LogP contribution < -0.4 is 5.73 Å². The Morgan fingerprint density at radius 3 is 2.94 bits per heavy atom. The zero-order chi connectivity index (χ0) is 13.2. The number of hydrogen-bond acceptors (Lipinski definition) is 5. The van der Waals surface area contributed by atoms with E-state index in [9.17, 15) is 8.42 Å². The summed E-state index contributed by atoms with van der Waals surface area (Å²) in [6.45, 7) is 0. The van der Waals surface area contributed by atoms with Crippen LogP contribution in [0.5, 0.6) is 0 Å². The fourth-order valence-corrected chi connectivity index (χ4v) is 2.55. The highest BCUT2D eigenvalue weighted by Crippen LogP contribution is 2.20. The summed E-state index contributed by atoms with van der Waals surface area (Å²) in [5.41, 5.74) is 7.82. The summed E-state index contributed by atoms with van der Waals surface area (Å²) >= 11 is 0. The van der Waals surface area contributed by atoms with Gasteiger partial charge in [-0.2, -0.15) is 5.10 Å². The molecule has 0 aliphatic carbocycles. The van der Waals surface area contributed by atoms with Crippen molar-refractivity contribution in [2.24, 2.45) is 5.73 Å². The van der Waals surface area contributed by atoms with E-state index in [-0.39, 0.29) is 11.8 Å². The number of sulfone groups is 1. The summed E-state index contributed by atoms with van der Waals surface area (Å²) in [5, 5.41) is 4.17. The van der Waals surface area contributed by atoms with Crippen LogP contribution in [-0.4, -0.2) is 35.0 Å². The number of hydrogen-bond donors (Lipinski definition) is 1. The fourth-order valence-electron chi connectivity index (χ4n) is 1.86. The van der Waals surface area contributed by atoms with Crippen LogP contribution in [0.15, 0.2) is 24.8 Å². The molecule has 2 aromatic rings. The highest BCUT2D eigenvalue weighted by molar-refractivity contribution is 7.90. The maximum absolute atomic E-state index is 11.0. The van der Waals surface area contributed by atoms with Gasteiger partial charge in [0, 0.05) is 36.0 Å². The summed E-state index contributed by atoms with van der Waals surface area (Å²) < 4.78 is 23.8. The quantitative estimate of drug-likeness (QED) is 0.855. The molecule has 0 aromatic carbocycles. The summed E-state index contributed by atoms with van der Waals surface area (Å²) in [5.74, 6) is 0.165. The van der Waals surface area contributed by atoms with Gasteiger partial charge in [0.2, 0.25) is 0 Å². The van der Waals surface area contributed by atoms with Crippen molar-refractivity contribution in [3.05, 3.63) is 30.4 Å². The first kappa shape index (κ1) is 13.0. The van der Waals surface area contributed by atoms with Gasteiger partial charge in [-0.25, -0.2) is 12.9 Å². The fraction of sp³-hybridized carbons (Fsp3) is 0.455. The van der Waals surface area contributed by atoms with Crippen molar-refractivity contribution in [2.45, 2.75) is 18.9 Å². The van der Waals surface area contributed by atoms with Crippen LogP contribution >= 0.6 is 0 Å². The van der Waals surface area contributed by atoms with Crippen LogP contribution in [0.2, 0.25) is 0 Å². The third-order valence-electron chi connectivity index (χ3n) is 2.78. The standard InChI is InChI=1S/C11H16N4O2S/c1-18(16,17)6-2-3-10(12)9-7-14-15-5-4-13-8-11(9)15/h4-5,7-8,10H,2-3,6,12H2,1H3.